The van der Waals surface area contributed by atoms with Gasteiger partial charge in [-0.3, -0.25) is 4.79 Å². The lowest BCUT2D eigenvalue weighted by Crippen LogP contribution is -2.40. The maximum atomic E-state index is 11.0. The molecule has 1 aromatic rings. The Morgan fingerprint density at radius 3 is 2.45 bits per heavy atom. The van der Waals surface area contributed by atoms with Crippen LogP contribution >= 0.6 is 0 Å². The molecule has 0 spiro atoms. The van der Waals surface area contributed by atoms with Gasteiger partial charge in [0.2, 0.25) is 0 Å². The summed E-state index contributed by atoms with van der Waals surface area (Å²) in [6.45, 7) is 1.95. The van der Waals surface area contributed by atoms with E-state index in [1.807, 2.05) is 42.5 Å². The summed E-state index contributed by atoms with van der Waals surface area (Å²) in [5.41, 5.74) is 0. The third-order valence-corrected chi connectivity index (χ3v) is 7.69. The number of aliphatic hydroxyl groups is 1. The molecule has 9 nitrogen and oxygen atoms in total. The van der Waals surface area contributed by atoms with Crippen molar-refractivity contribution in [2.24, 2.45) is 5.92 Å². The molecule has 1 aromatic carbocycles. The summed E-state index contributed by atoms with van der Waals surface area (Å²) in [6.07, 6.45) is 10.2. The highest BCUT2D eigenvalue weighted by atomic mass is 16.7. The Hall–Kier alpha value is -2.01. The highest BCUT2D eigenvalue weighted by Gasteiger charge is 2.45. The first kappa shape index (κ1) is 30.9. The van der Waals surface area contributed by atoms with Crippen LogP contribution in [0.15, 0.2) is 42.5 Å². The second kappa shape index (κ2) is 17.1. The van der Waals surface area contributed by atoms with E-state index >= 15 is 0 Å². The number of hydrogen-bond acceptors (Lipinski definition) is 8. The lowest BCUT2D eigenvalue weighted by Gasteiger charge is -2.32. The van der Waals surface area contributed by atoms with Gasteiger partial charge in [-0.1, -0.05) is 30.4 Å². The number of rotatable bonds is 16. The van der Waals surface area contributed by atoms with E-state index in [9.17, 15) is 9.90 Å². The molecule has 40 heavy (non-hydrogen) atoms. The predicted octanol–water partition coefficient (Wildman–Crippen LogP) is 4.86. The second-order valence-electron chi connectivity index (χ2n) is 10.9. The van der Waals surface area contributed by atoms with Crippen molar-refractivity contribution in [2.45, 2.75) is 108 Å². The van der Waals surface area contributed by atoms with Gasteiger partial charge in [0, 0.05) is 32.0 Å². The van der Waals surface area contributed by atoms with Crippen LogP contribution in [0.5, 0.6) is 5.75 Å². The molecule has 3 fully saturated rings. The van der Waals surface area contributed by atoms with Crippen LogP contribution < -0.4 is 4.74 Å². The summed E-state index contributed by atoms with van der Waals surface area (Å²) in [5, 5.41) is 19.9. The molecular formula is C31H46O9. The normalized spacial score (nSPS) is 29.9. The van der Waals surface area contributed by atoms with Crippen LogP contribution in [0.2, 0.25) is 0 Å². The minimum atomic E-state index is -0.787. The Bertz CT molecular complexity index is 867. The zero-order chi connectivity index (χ0) is 28.0. The highest BCUT2D eigenvalue weighted by molar-refractivity contribution is 5.66. The van der Waals surface area contributed by atoms with Gasteiger partial charge in [-0.2, -0.15) is 0 Å². The summed E-state index contributed by atoms with van der Waals surface area (Å²) in [5.74, 6) is -0.186. The molecule has 2 heterocycles. The average molecular weight is 563 g/mol. The van der Waals surface area contributed by atoms with Crippen molar-refractivity contribution in [2.75, 3.05) is 26.4 Å². The van der Waals surface area contributed by atoms with Crippen LogP contribution in [0, 0.1) is 5.92 Å². The summed E-state index contributed by atoms with van der Waals surface area (Å²) >= 11 is 0. The van der Waals surface area contributed by atoms with Gasteiger partial charge >= 0.3 is 5.97 Å². The highest BCUT2D eigenvalue weighted by Crippen LogP contribution is 2.36. The SMILES string of the molecule is O=C(O)CCC/C=C\C[C@@H]1[C@@H](OCC(COc2ccccc2)OC2CCCCO2)[C@H](OC2CCCCO2)C[C@@H]1O. The molecule has 0 aromatic heterocycles. The van der Waals surface area contributed by atoms with Gasteiger partial charge < -0.3 is 38.6 Å². The minimum absolute atomic E-state index is 0.149. The average Bonchev–Trinajstić information content (AvgIpc) is 3.26. The number of carbonyl (C=O) groups is 1. The van der Waals surface area contributed by atoms with Gasteiger partial charge in [0.1, 0.15) is 18.5 Å². The molecule has 2 saturated heterocycles. The molecule has 0 bridgehead atoms. The molecule has 1 saturated carbocycles. The van der Waals surface area contributed by atoms with E-state index in [-0.39, 0.29) is 49.8 Å². The van der Waals surface area contributed by atoms with E-state index in [1.165, 1.54) is 0 Å². The zero-order valence-corrected chi connectivity index (χ0v) is 23.4. The van der Waals surface area contributed by atoms with Gasteiger partial charge in [0.15, 0.2) is 12.6 Å². The quantitative estimate of drug-likeness (QED) is 0.215. The molecule has 9 heteroatoms. The Labute approximate surface area is 237 Å². The first-order valence-electron chi connectivity index (χ1n) is 15.0. The first-order chi connectivity index (χ1) is 19.6. The van der Waals surface area contributed by atoms with Gasteiger partial charge in [-0.15, -0.1) is 0 Å². The van der Waals surface area contributed by atoms with Crippen molar-refractivity contribution in [1.29, 1.82) is 0 Å². The topological polar surface area (TPSA) is 113 Å². The van der Waals surface area contributed by atoms with Crippen molar-refractivity contribution in [3.63, 3.8) is 0 Å². The van der Waals surface area contributed by atoms with Crippen molar-refractivity contribution in [1.82, 2.24) is 0 Å². The molecular weight excluding hydrogens is 516 g/mol. The zero-order valence-electron chi connectivity index (χ0n) is 23.4. The van der Waals surface area contributed by atoms with Crippen molar-refractivity contribution in [3.05, 3.63) is 42.5 Å². The lowest BCUT2D eigenvalue weighted by atomic mass is 9.98. The summed E-state index contributed by atoms with van der Waals surface area (Å²) in [6, 6.07) is 9.63. The summed E-state index contributed by atoms with van der Waals surface area (Å²) in [7, 11) is 0. The molecule has 7 atom stereocenters. The lowest BCUT2D eigenvalue weighted by molar-refractivity contribution is -0.226. The number of allylic oxidation sites excluding steroid dienone is 2. The van der Waals surface area contributed by atoms with Gasteiger partial charge in [0.25, 0.3) is 0 Å². The maximum absolute atomic E-state index is 11.0. The number of aliphatic hydroxyl groups excluding tert-OH is 1. The van der Waals surface area contributed by atoms with Crippen LogP contribution in [0.3, 0.4) is 0 Å². The number of carboxylic acid groups (broad SMARTS) is 1. The Kier molecular flexibility index (Phi) is 13.2. The van der Waals surface area contributed by atoms with Crippen molar-refractivity contribution < 1.29 is 43.4 Å². The first-order valence-corrected chi connectivity index (χ1v) is 15.0. The number of unbranched alkanes of at least 4 members (excludes halogenated alkanes) is 1. The van der Waals surface area contributed by atoms with Crippen LogP contribution in [0.1, 0.15) is 70.6 Å². The predicted molar refractivity (Wildman–Crippen MR) is 148 cm³/mol. The van der Waals surface area contributed by atoms with Crippen molar-refractivity contribution >= 4 is 5.97 Å². The number of aliphatic carboxylic acids is 1. The fourth-order valence-electron chi connectivity index (χ4n) is 5.54. The molecule has 2 aliphatic heterocycles. The Morgan fingerprint density at radius 1 is 1.00 bits per heavy atom. The molecule has 4 rings (SSSR count). The molecule has 0 radical (unpaired) electrons. The molecule has 0 amide bonds. The molecule has 3 aliphatic rings. The van der Waals surface area contributed by atoms with Gasteiger partial charge in [-0.05, 0) is 69.9 Å². The maximum Gasteiger partial charge on any atom is 0.303 e. The van der Waals surface area contributed by atoms with Gasteiger partial charge in [-0.25, -0.2) is 0 Å². The summed E-state index contributed by atoms with van der Waals surface area (Å²) < 4.78 is 36.9. The second-order valence-corrected chi connectivity index (χ2v) is 10.9. The number of para-hydroxylation sites is 1. The largest absolute Gasteiger partial charge is 0.491 e. The monoisotopic (exact) mass is 562 g/mol. The minimum Gasteiger partial charge on any atom is -0.491 e. The van der Waals surface area contributed by atoms with Crippen LogP contribution in [0.25, 0.3) is 0 Å². The Morgan fingerprint density at radius 2 is 1.75 bits per heavy atom. The van der Waals surface area contributed by atoms with E-state index in [0.717, 1.165) is 44.3 Å². The van der Waals surface area contributed by atoms with Crippen LogP contribution in [-0.2, 0) is 28.5 Å². The van der Waals surface area contributed by atoms with E-state index in [1.54, 1.807) is 0 Å². The third kappa shape index (κ3) is 10.4. The van der Waals surface area contributed by atoms with E-state index in [0.29, 0.717) is 45.5 Å². The van der Waals surface area contributed by atoms with Crippen molar-refractivity contribution in [3.8, 4) is 5.75 Å². The van der Waals surface area contributed by atoms with E-state index < -0.39 is 12.1 Å². The van der Waals surface area contributed by atoms with E-state index in [4.69, 9.17) is 33.5 Å². The molecule has 3 unspecified atom stereocenters. The van der Waals surface area contributed by atoms with E-state index in [2.05, 4.69) is 0 Å². The molecule has 1 aliphatic carbocycles. The third-order valence-electron chi connectivity index (χ3n) is 7.69. The molecule has 2 N–H and O–H groups in total. The van der Waals surface area contributed by atoms with Gasteiger partial charge in [0.05, 0.1) is 24.9 Å². The van der Waals surface area contributed by atoms with Crippen LogP contribution in [0.4, 0.5) is 0 Å². The number of ether oxygens (including phenoxy) is 6. The van der Waals surface area contributed by atoms with Crippen LogP contribution in [-0.4, -0.2) is 79.6 Å². The number of benzene rings is 1. The molecule has 224 valence electrons. The Balaban J connectivity index is 1.39. The number of hydrogen-bond donors (Lipinski definition) is 2. The standard InChI is InChI=1S/C31H46O9/c32-26-20-27(40-30-17-9-11-19-36-30)31(25(26)14-6-1-2-7-15-28(33)34)38-22-24(39-29-16-8-10-18-35-29)21-37-23-12-4-3-5-13-23/h1,3-6,12-13,24-27,29-32H,2,7-11,14-22H2,(H,33,34)/b6-1-/t24?,25-,26-,27+,29?,30?,31+/m0/s1. The fraction of sp³-hybridized carbons (Fsp3) is 0.710. The fourth-order valence-corrected chi connectivity index (χ4v) is 5.54. The smallest absolute Gasteiger partial charge is 0.303 e. The number of carboxylic acids is 1. The summed E-state index contributed by atoms with van der Waals surface area (Å²) in [4.78, 5) is 10.8.